The molecule has 0 aromatic heterocycles. The van der Waals surface area contributed by atoms with Crippen molar-refractivity contribution in [2.75, 3.05) is 19.8 Å². The topological polar surface area (TPSA) is 132 Å². The summed E-state index contributed by atoms with van der Waals surface area (Å²) in [5.41, 5.74) is 8.25. The monoisotopic (exact) mass is 535 g/mol. The van der Waals surface area contributed by atoms with E-state index in [4.69, 9.17) is 25.4 Å². The average Bonchev–Trinajstić information content (AvgIpc) is 2.92. The molecular formula is C30H37N3O6. The van der Waals surface area contributed by atoms with E-state index in [1.54, 1.807) is 51.1 Å². The molecule has 0 saturated heterocycles. The van der Waals surface area contributed by atoms with Crippen LogP contribution in [0.15, 0.2) is 66.8 Å². The Labute approximate surface area is 229 Å². The fraction of sp³-hybridized carbons (Fsp3) is 0.333. The lowest BCUT2D eigenvalue weighted by Gasteiger charge is -2.29. The minimum absolute atomic E-state index is 0.000306. The first-order valence-electron chi connectivity index (χ1n) is 12.8. The van der Waals surface area contributed by atoms with Crippen molar-refractivity contribution in [2.45, 2.75) is 46.3 Å². The van der Waals surface area contributed by atoms with Crippen molar-refractivity contribution in [3.8, 4) is 5.75 Å². The zero-order valence-electron chi connectivity index (χ0n) is 22.8. The van der Waals surface area contributed by atoms with Crippen LogP contribution in [0, 0.1) is 5.41 Å². The molecule has 0 saturated carbocycles. The molecule has 39 heavy (non-hydrogen) atoms. The number of carbonyl (C=O) groups is 3. The molecule has 0 radical (unpaired) electrons. The van der Waals surface area contributed by atoms with Crippen molar-refractivity contribution >= 4 is 29.8 Å². The summed E-state index contributed by atoms with van der Waals surface area (Å²) in [6.07, 6.45) is 3.32. The zero-order chi connectivity index (χ0) is 28.8. The number of hydrogen-bond acceptors (Lipinski definition) is 7. The quantitative estimate of drug-likeness (QED) is 0.115. The number of ether oxygens (including phenoxy) is 3. The molecule has 0 aliphatic rings. The van der Waals surface area contributed by atoms with E-state index in [9.17, 15) is 14.4 Å². The summed E-state index contributed by atoms with van der Waals surface area (Å²) in [7, 11) is 0. The number of nitrogens with two attached hydrogens (primary N) is 1. The van der Waals surface area contributed by atoms with Crippen LogP contribution >= 0.6 is 0 Å². The lowest BCUT2D eigenvalue weighted by molar-refractivity contribution is -0.154. The van der Waals surface area contributed by atoms with Gasteiger partial charge in [0.2, 0.25) is 0 Å². The molecule has 3 N–H and O–H groups in total. The molecular weight excluding hydrogens is 498 g/mol. The van der Waals surface area contributed by atoms with E-state index in [1.165, 1.54) is 11.0 Å². The summed E-state index contributed by atoms with van der Waals surface area (Å²) >= 11 is 0. The van der Waals surface area contributed by atoms with Gasteiger partial charge in [0.1, 0.15) is 24.2 Å². The second kappa shape index (κ2) is 15.8. The number of nitrogens with zero attached hydrogens (tertiary/aromatic N) is 1. The first-order chi connectivity index (χ1) is 18.7. The number of amidine groups is 1. The van der Waals surface area contributed by atoms with Crippen molar-refractivity contribution < 1.29 is 28.6 Å². The van der Waals surface area contributed by atoms with Crippen LogP contribution in [-0.2, 0) is 30.5 Å². The molecule has 2 rings (SSSR count). The van der Waals surface area contributed by atoms with Gasteiger partial charge in [-0.1, -0.05) is 30.3 Å². The minimum Gasteiger partial charge on any atom is -0.489 e. The second-order valence-corrected chi connectivity index (χ2v) is 8.65. The Kier molecular flexibility index (Phi) is 12.5. The highest BCUT2D eigenvalue weighted by Gasteiger charge is 2.31. The number of nitrogen functional groups attached to an aromatic ring is 1. The van der Waals surface area contributed by atoms with Gasteiger partial charge >= 0.3 is 11.9 Å². The van der Waals surface area contributed by atoms with Gasteiger partial charge in [-0.25, -0.2) is 4.79 Å². The Morgan fingerprint density at radius 3 is 2.23 bits per heavy atom. The molecule has 2 aromatic rings. The van der Waals surface area contributed by atoms with E-state index < -0.39 is 18.0 Å². The van der Waals surface area contributed by atoms with Gasteiger partial charge in [0.25, 0.3) is 5.91 Å². The normalized spacial score (nSPS) is 11.7. The van der Waals surface area contributed by atoms with E-state index in [0.29, 0.717) is 23.5 Å². The van der Waals surface area contributed by atoms with Crippen LogP contribution in [0.5, 0.6) is 5.75 Å². The summed E-state index contributed by atoms with van der Waals surface area (Å²) in [6.45, 7) is 9.62. The Bertz CT molecular complexity index is 1170. The molecule has 9 heteroatoms. The average molecular weight is 536 g/mol. The molecule has 0 bridgehead atoms. The van der Waals surface area contributed by atoms with Crippen LogP contribution in [0.25, 0.3) is 6.08 Å². The van der Waals surface area contributed by atoms with Crippen LogP contribution in [0.1, 0.15) is 50.3 Å². The standard InChI is InChI=1S/C30H37N3O6/c1-5-18-33(26(30(36)38-7-3)16-17-27(34)37-6-2)29(35)21(4)19-22-8-10-23(11-9-22)20-39-25-14-12-24(13-15-25)28(31)32/h5,8-15,19,26H,1,6-7,16-18,20H2,2-4H3,(H3,31,32)/b21-19+/t26-/m1/s1. The predicted octanol–water partition coefficient (Wildman–Crippen LogP) is 4.24. The van der Waals surface area contributed by atoms with E-state index in [0.717, 1.165) is 11.1 Å². The highest BCUT2D eigenvalue weighted by molar-refractivity contribution is 5.99. The highest BCUT2D eigenvalue weighted by atomic mass is 16.5. The highest BCUT2D eigenvalue weighted by Crippen LogP contribution is 2.18. The van der Waals surface area contributed by atoms with Crippen molar-refractivity contribution in [2.24, 2.45) is 5.73 Å². The largest absolute Gasteiger partial charge is 0.489 e. The van der Waals surface area contributed by atoms with E-state index >= 15 is 0 Å². The molecule has 0 unspecified atom stereocenters. The van der Waals surface area contributed by atoms with Gasteiger partial charge in [-0.2, -0.15) is 0 Å². The number of hydrogen-bond donors (Lipinski definition) is 2. The van der Waals surface area contributed by atoms with Crippen molar-refractivity contribution in [3.05, 3.63) is 83.4 Å². The third-order valence-corrected chi connectivity index (χ3v) is 5.72. The van der Waals surface area contributed by atoms with Crippen LogP contribution in [-0.4, -0.2) is 54.4 Å². The fourth-order valence-corrected chi connectivity index (χ4v) is 3.76. The van der Waals surface area contributed by atoms with Gasteiger partial charge in [-0.15, -0.1) is 6.58 Å². The third kappa shape index (κ3) is 9.77. The Morgan fingerprint density at radius 1 is 1.03 bits per heavy atom. The minimum atomic E-state index is -0.952. The molecule has 1 amide bonds. The smallest absolute Gasteiger partial charge is 0.328 e. The third-order valence-electron chi connectivity index (χ3n) is 5.72. The van der Waals surface area contributed by atoms with Crippen molar-refractivity contribution in [1.82, 2.24) is 4.90 Å². The van der Waals surface area contributed by atoms with Crippen molar-refractivity contribution in [1.29, 1.82) is 5.41 Å². The number of rotatable bonds is 15. The molecule has 208 valence electrons. The van der Waals surface area contributed by atoms with Crippen LogP contribution in [0.4, 0.5) is 0 Å². The summed E-state index contributed by atoms with van der Waals surface area (Å²) < 4.78 is 16.0. The summed E-state index contributed by atoms with van der Waals surface area (Å²) in [5, 5.41) is 7.45. The maximum atomic E-state index is 13.4. The van der Waals surface area contributed by atoms with Gasteiger partial charge in [0.15, 0.2) is 0 Å². The lowest BCUT2D eigenvalue weighted by atomic mass is 10.1. The van der Waals surface area contributed by atoms with Crippen LogP contribution < -0.4 is 10.5 Å². The number of nitrogens with one attached hydrogen (secondary N) is 1. The second-order valence-electron chi connectivity index (χ2n) is 8.65. The fourth-order valence-electron chi connectivity index (χ4n) is 3.76. The summed E-state index contributed by atoms with van der Waals surface area (Å²) in [6, 6.07) is 13.6. The molecule has 0 spiro atoms. The molecule has 2 aromatic carbocycles. The molecule has 1 atom stereocenters. The SMILES string of the molecule is C=CCN(C(=O)/C(C)=C/c1ccc(COc2ccc(C(=N)N)cc2)cc1)[C@H](CCC(=O)OCC)C(=O)OCC. The Balaban J connectivity index is 2.12. The predicted molar refractivity (Wildman–Crippen MR) is 150 cm³/mol. The summed E-state index contributed by atoms with van der Waals surface area (Å²) in [5.74, 6) is -0.725. The van der Waals surface area contributed by atoms with Gasteiger partial charge in [-0.3, -0.25) is 15.0 Å². The van der Waals surface area contributed by atoms with E-state index in [1.807, 2.05) is 24.3 Å². The Morgan fingerprint density at radius 2 is 1.67 bits per heavy atom. The molecule has 0 heterocycles. The zero-order valence-corrected chi connectivity index (χ0v) is 22.8. The summed E-state index contributed by atoms with van der Waals surface area (Å²) in [4.78, 5) is 39.4. The van der Waals surface area contributed by atoms with E-state index in [2.05, 4.69) is 6.58 Å². The Hall–Kier alpha value is -4.40. The van der Waals surface area contributed by atoms with Crippen LogP contribution in [0.2, 0.25) is 0 Å². The molecule has 0 aliphatic heterocycles. The van der Waals surface area contributed by atoms with Gasteiger partial charge in [-0.05, 0) is 68.7 Å². The maximum absolute atomic E-state index is 13.4. The van der Waals surface area contributed by atoms with E-state index in [-0.39, 0.29) is 44.3 Å². The maximum Gasteiger partial charge on any atom is 0.328 e. The van der Waals surface area contributed by atoms with Crippen molar-refractivity contribution in [3.63, 3.8) is 0 Å². The molecule has 9 nitrogen and oxygen atoms in total. The first kappa shape index (κ1) is 30.8. The van der Waals surface area contributed by atoms with Gasteiger partial charge in [0, 0.05) is 24.1 Å². The van der Waals surface area contributed by atoms with Crippen LogP contribution in [0.3, 0.4) is 0 Å². The molecule has 0 aliphatic carbocycles. The lowest BCUT2D eigenvalue weighted by Crippen LogP contribution is -2.46. The number of amides is 1. The number of benzene rings is 2. The first-order valence-corrected chi connectivity index (χ1v) is 12.8. The number of carbonyl (C=O) groups excluding carboxylic acids is 3. The molecule has 0 fully saturated rings. The number of esters is 2. The van der Waals surface area contributed by atoms with Gasteiger partial charge in [0.05, 0.1) is 13.2 Å². The van der Waals surface area contributed by atoms with Gasteiger partial charge < -0.3 is 24.8 Å².